The van der Waals surface area contributed by atoms with Crippen LogP contribution in [0, 0.1) is 10.1 Å². The smallest absolute Gasteiger partial charge is 0.324 e. The predicted octanol–water partition coefficient (Wildman–Crippen LogP) is 2.86. The largest absolute Gasteiger partial charge is 0.392 e. The summed E-state index contributed by atoms with van der Waals surface area (Å²) < 4.78 is 0. The molecule has 1 aliphatic rings. The highest BCUT2D eigenvalue weighted by atomic mass is 32.1. The summed E-state index contributed by atoms with van der Waals surface area (Å²) in [6, 6.07) is 3.15. The zero-order valence-corrected chi connectivity index (χ0v) is 12.2. The third kappa shape index (κ3) is 3.49. The Hall–Kier alpha value is -1.05. The molecular weight excluding hydrogens is 282 g/mol. The van der Waals surface area contributed by atoms with Crippen molar-refractivity contribution in [2.75, 3.05) is 13.1 Å². The van der Waals surface area contributed by atoms with Crippen molar-refractivity contribution in [3.8, 4) is 0 Å². The van der Waals surface area contributed by atoms with Gasteiger partial charge in [-0.1, -0.05) is 36.4 Å². The summed E-state index contributed by atoms with van der Waals surface area (Å²) >= 11 is 6.34. The van der Waals surface area contributed by atoms with Gasteiger partial charge >= 0.3 is 5.00 Å². The van der Waals surface area contributed by atoms with Crippen LogP contribution >= 0.6 is 23.6 Å². The van der Waals surface area contributed by atoms with Crippen LogP contribution in [-0.2, 0) is 0 Å². The van der Waals surface area contributed by atoms with Crippen LogP contribution in [0.3, 0.4) is 0 Å². The van der Waals surface area contributed by atoms with Crippen LogP contribution in [0.1, 0.15) is 36.6 Å². The number of nitro groups is 1. The summed E-state index contributed by atoms with van der Waals surface area (Å²) in [5.74, 6) is 0. The Bertz CT molecular complexity index is 467. The number of thiocarbonyl (C=S) groups is 1. The summed E-state index contributed by atoms with van der Waals surface area (Å²) in [6.45, 7) is 1.90. The molecule has 1 aromatic rings. The van der Waals surface area contributed by atoms with E-state index in [-0.39, 0.29) is 16.0 Å². The molecule has 2 rings (SSSR count). The lowest BCUT2D eigenvalue weighted by Crippen LogP contribution is -2.37. The molecular formula is C12H17N3O2S2. The fraction of sp³-hybridized carbons (Fsp3) is 0.583. The van der Waals surface area contributed by atoms with E-state index < -0.39 is 0 Å². The van der Waals surface area contributed by atoms with Crippen molar-refractivity contribution < 1.29 is 4.92 Å². The first-order chi connectivity index (χ1) is 9.09. The molecule has 1 aromatic heterocycles. The van der Waals surface area contributed by atoms with E-state index in [2.05, 4.69) is 4.90 Å². The zero-order chi connectivity index (χ0) is 13.8. The molecule has 1 unspecified atom stereocenters. The van der Waals surface area contributed by atoms with E-state index >= 15 is 0 Å². The normalized spacial score (nSPS) is 18.7. The van der Waals surface area contributed by atoms with Crippen LogP contribution in [0.2, 0.25) is 0 Å². The highest BCUT2D eigenvalue weighted by Gasteiger charge is 2.26. The topological polar surface area (TPSA) is 72.4 Å². The van der Waals surface area contributed by atoms with Gasteiger partial charge in [-0.25, -0.2) is 0 Å². The number of thiophene rings is 1. The quantitative estimate of drug-likeness (QED) is 0.526. The van der Waals surface area contributed by atoms with Gasteiger partial charge in [-0.3, -0.25) is 15.0 Å². The minimum Gasteiger partial charge on any atom is -0.392 e. The Kier molecular flexibility index (Phi) is 4.84. The first-order valence-corrected chi connectivity index (χ1v) is 7.59. The Morgan fingerprint density at radius 1 is 1.37 bits per heavy atom. The van der Waals surface area contributed by atoms with Crippen LogP contribution < -0.4 is 5.73 Å². The van der Waals surface area contributed by atoms with E-state index in [0.29, 0.717) is 4.99 Å². The summed E-state index contributed by atoms with van der Waals surface area (Å²) in [5.41, 5.74) is 5.86. The number of likely N-dealkylation sites (tertiary alicyclic amines) is 1. The van der Waals surface area contributed by atoms with Gasteiger partial charge in [0.05, 0.1) is 16.0 Å². The molecule has 0 amide bonds. The SMILES string of the molecule is NC(=S)C(c1ccc([N+](=O)[O-])s1)N1CCCCCC1. The van der Waals surface area contributed by atoms with Gasteiger partial charge in [0.1, 0.15) is 0 Å². The third-order valence-corrected chi connectivity index (χ3v) is 4.65. The van der Waals surface area contributed by atoms with Crippen LogP contribution in [0.5, 0.6) is 0 Å². The van der Waals surface area contributed by atoms with E-state index in [1.54, 1.807) is 6.07 Å². The van der Waals surface area contributed by atoms with Crippen LogP contribution in [0.15, 0.2) is 12.1 Å². The maximum Gasteiger partial charge on any atom is 0.324 e. The summed E-state index contributed by atoms with van der Waals surface area (Å²) in [4.78, 5) is 13.9. The lowest BCUT2D eigenvalue weighted by molar-refractivity contribution is -0.380. The Morgan fingerprint density at radius 2 is 2.00 bits per heavy atom. The van der Waals surface area contributed by atoms with Gasteiger partial charge in [0.15, 0.2) is 0 Å². The Balaban J connectivity index is 2.22. The molecule has 5 nitrogen and oxygen atoms in total. The maximum atomic E-state index is 10.8. The molecule has 0 bridgehead atoms. The van der Waals surface area contributed by atoms with Gasteiger partial charge in [-0.05, 0) is 32.0 Å². The van der Waals surface area contributed by atoms with Crippen molar-refractivity contribution in [1.82, 2.24) is 4.90 Å². The predicted molar refractivity (Wildman–Crippen MR) is 80.5 cm³/mol. The lowest BCUT2D eigenvalue weighted by atomic mass is 10.2. The third-order valence-electron chi connectivity index (χ3n) is 3.34. The first-order valence-electron chi connectivity index (χ1n) is 6.37. The molecule has 19 heavy (non-hydrogen) atoms. The molecule has 1 atom stereocenters. The molecule has 1 saturated heterocycles. The Morgan fingerprint density at radius 3 is 2.47 bits per heavy atom. The van der Waals surface area contributed by atoms with Gasteiger partial charge in [-0.2, -0.15) is 0 Å². The van der Waals surface area contributed by atoms with Gasteiger partial charge in [-0.15, -0.1) is 0 Å². The fourth-order valence-corrected chi connectivity index (χ4v) is 3.77. The minimum absolute atomic E-state index is 0.145. The average Bonchev–Trinajstić information content (AvgIpc) is 2.67. The lowest BCUT2D eigenvalue weighted by Gasteiger charge is -2.28. The molecule has 104 valence electrons. The van der Waals surface area contributed by atoms with E-state index in [9.17, 15) is 10.1 Å². The van der Waals surface area contributed by atoms with Crippen LogP contribution in [-0.4, -0.2) is 27.9 Å². The van der Waals surface area contributed by atoms with Crippen molar-refractivity contribution in [3.63, 3.8) is 0 Å². The van der Waals surface area contributed by atoms with Crippen molar-refractivity contribution in [1.29, 1.82) is 0 Å². The molecule has 2 N–H and O–H groups in total. The van der Waals surface area contributed by atoms with Crippen molar-refractivity contribution in [2.45, 2.75) is 31.7 Å². The van der Waals surface area contributed by atoms with E-state index in [4.69, 9.17) is 18.0 Å². The second-order valence-electron chi connectivity index (χ2n) is 4.69. The Labute approximate surface area is 121 Å². The van der Waals surface area contributed by atoms with Gasteiger partial charge < -0.3 is 5.73 Å². The number of hydrogen-bond acceptors (Lipinski definition) is 5. The van der Waals surface area contributed by atoms with Gasteiger partial charge in [0.2, 0.25) is 0 Å². The molecule has 2 heterocycles. The van der Waals surface area contributed by atoms with Crippen molar-refractivity contribution in [3.05, 3.63) is 27.1 Å². The molecule has 1 fully saturated rings. The molecule has 0 aliphatic carbocycles. The van der Waals surface area contributed by atoms with E-state index in [1.165, 1.54) is 30.2 Å². The zero-order valence-electron chi connectivity index (χ0n) is 10.6. The number of hydrogen-bond donors (Lipinski definition) is 1. The molecule has 0 radical (unpaired) electrons. The highest BCUT2D eigenvalue weighted by molar-refractivity contribution is 7.80. The van der Waals surface area contributed by atoms with Gasteiger partial charge in [0.25, 0.3) is 0 Å². The molecule has 0 spiro atoms. The second kappa shape index (κ2) is 6.40. The van der Waals surface area contributed by atoms with E-state index in [0.717, 1.165) is 30.8 Å². The summed E-state index contributed by atoms with van der Waals surface area (Å²) in [6.07, 6.45) is 4.72. The summed E-state index contributed by atoms with van der Waals surface area (Å²) in [5, 5.41) is 10.9. The molecule has 7 heteroatoms. The fourth-order valence-electron chi connectivity index (χ4n) is 2.44. The van der Waals surface area contributed by atoms with E-state index in [1.807, 2.05) is 0 Å². The first kappa shape index (κ1) is 14.4. The number of rotatable bonds is 4. The number of nitrogens with two attached hydrogens (primary N) is 1. The number of nitrogens with zero attached hydrogens (tertiary/aromatic N) is 2. The summed E-state index contributed by atoms with van der Waals surface area (Å²) in [7, 11) is 0. The molecule has 0 aromatic carbocycles. The van der Waals surface area contributed by atoms with Crippen LogP contribution in [0.25, 0.3) is 0 Å². The second-order valence-corrected chi connectivity index (χ2v) is 6.25. The van der Waals surface area contributed by atoms with Crippen LogP contribution in [0.4, 0.5) is 5.00 Å². The van der Waals surface area contributed by atoms with Crippen molar-refractivity contribution in [2.24, 2.45) is 5.73 Å². The average molecular weight is 299 g/mol. The molecule has 1 aliphatic heterocycles. The molecule has 0 saturated carbocycles. The van der Waals surface area contributed by atoms with Gasteiger partial charge in [0, 0.05) is 10.9 Å². The minimum atomic E-state index is -0.368. The maximum absolute atomic E-state index is 10.8. The monoisotopic (exact) mass is 299 g/mol. The highest BCUT2D eigenvalue weighted by Crippen LogP contribution is 2.33. The van der Waals surface area contributed by atoms with Crippen molar-refractivity contribution >= 4 is 33.5 Å². The standard InChI is InChI=1S/C12H17N3O2S2/c13-12(18)11(14-7-3-1-2-4-8-14)9-5-6-10(19-9)15(16)17/h5-6,11H,1-4,7-8H2,(H2,13,18).